The molecule has 1 spiro atoms. The summed E-state index contributed by atoms with van der Waals surface area (Å²) >= 11 is 3.73. The predicted molar refractivity (Wildman–Crippen MR) is 196 cm³/mol. The van der Waals surface area contributed by atoms with E-state index >= 15 is 0 Å². The van der Waals surface area contributed by atoms with Crippen LogP contribution in [0.2, 0.25) is 0 Å². The van der Waals surface area contributed by atoms with Crippen molar-refractivity contribution < 1.29 is 38.5 Å². The van der Waals surface area contributed by atoms with E-state index in [1.54, 1.807) is 48.4 Å². The largest absolute Gasteiger partial charge is 0.497 e. The Hall–Kier alpha value is -4.00. The molecule has 1 unspecified atom stereocenters. The van der Waals surface area contributed by atoms with Crippen molar-refractivity contribution >= 4 is 45.3 Å². The molecule has 0 aromatic heterocycles. The van der Waals surface area contributed by atoms with Gasteiger partial charge in [-0.1, -0.05) is 72.3 Å². The molecule has 5 rings (SSSR count). The number of anilines is 1. The van der Waals surface area contributed by atoms with Crippen LogP contribution in [0.25, 0.3) is 0 Å². The van der Waals surface area contributed by atoms with Gasteiger partial charge < -0.3 is 34.4 Å². The molecule has 3 heterocycles. The SMILES string of the molecule is C=CCCC(=O)NC[C@H](OC(=O)[C@H]1[C@@H]2O[C@@]3(CC2Br)[C@@H]1C(=O)N([C@@H](CO)CC(C)C)[C@@H]3C(=O)N(CC=C)c1ccc(OC)cc1)c1ccccc1. The summed E-state index contributed by atoms with van der Waals surface area (Å²) in [5.74, 6) is -3.09. The number of hydrogen-bond acceptors (Lipinski definition) is 8. The molecule has 0 saturated carbocycles. The van der Waals surface area contributed by atoms with Crippen LogP contribution < -0.4 is 15.0 Å². The first kappa shape index (κ1) is 38.2. The second kappa shape index (κ2) is 16.6. The number of aliphatic hydroxyl groups excluding tert-OH is 1. The van der Waals surface area contributed by atoms with Crippen LogP contribution in [0.4, 0.5) is 5.69 Å². The van der Waals surface area contributed by atoms with Gasteiger partial charge in [-0.15, -0.1) is 13.2 Å². The number of likely N-dealkylation sites (tertiary alicyclic amines) is 1. The Morgan fingerprint density at radius 2 is 1.84 bits per heavy atom. The van der Waals surface area contributed by atoms with Gasteiger partial charge in [-0.3, -0.25) is 19.2 Å². The quantitative estimate of drug-likeness (QED) is 0.134. The van der Waals surface area contributed by atoms with Gasteiger partial charge in [0.25, 0.3) is 5.91 Å². The maximum Gasteiger partial charge on any atom is 0.313 e. The van der Waals surface area contributed by atoms with Crippen molar-refractivity contribution in [2.24, 2.45) is 17.8 Å². The Kier molecular flexibility index (Phi) is 12.4. The first-order chi connectivity index (χ1) is 24.5. The van der Waals surface area contributed by atoms with E-state index in [-0.39, 0.29) is 49.2 Å². The zero-order valence-corrected chi connectivity index (χ0v) is 31.0. The van der Waals surface area contributed by atoms with E-state index in [1.807, 2.05) is 44.2 Å². The minimum absolute atomic E-state index is 0.0258. The molecule has 0 aliphatic carbocycles. The topological polar surface area (TPSA) is 135 Å². The minimum atomic E-state index is -1.38. The first-order valence-electron chi connectivity index (χ1n) is 17.5. The number of amides is 3. The highest BCUT2D eigenvalue weighted by Crippen LogP contribution is 2.61. The third-order valence-corrected chi connectivity index (χ3v) is 10.9. The average Bonchev–Trinajstić information content (AvgIpc) is 3.73. The molecule has 3 fully saturated rings. The van der Waals surface area contributed by atoms with Crippen LogP contribution in [-0.4, -0.2) is 89.1 Å². The second-order valence-corrected chi connectivity index (χ2v) is 15.0. The number of methoxy groups -OCH3 is 1. The van der Waals surface area contributed by atoms with Crippen molar-refractivity contribution in [2.75, 3.05) is 31.7 Å². The number of halogens is 1. The van der Waals surface area contributed by atoms with Crippen LogP contribution in [0.15, 0.2) is 79.9 Å². The lowest BCUT2D eigenvalue weighted by Gasteiger charge is -2.39. The third kappa shape index (κ3) is 7.64. The predicted octanol–water partition coefficient (Wildman–Crippen LogP) is 4.74. The fraction of sp³-hybridized carbons (Fsp3) is 0.487. The standard InChI is InChI=1S/C39H48BrN3O8/c1-6-8-14-31(45)41-22-30(25-12-10-9-11-13-25)50-38(48)32-33-36(46)43(27(23-44)20-24(3)4)35(39(33)21-29(40)34(32)51-39)37(47)42(19-7-2)26-15-17-28(49-5)18-16-26/h6-7,9-13,15-18,24,27,29-30,32-35,44H,1-2,8,14,19-23H2,3-5H3,(H,41,45)/t27-,29?,30+,32-,33+,34-,35-,39+/m1/s1. The number of nitrogens with one attached hydrogen (secondary N) is 1. The van der Waals surface area contributed by atoms with Crippen molar-refractivity contribution in [3.05, 3.63) is 85.5 Å². The van der Waals surface area contributed by atoms with Crippen LogP contribution in [0, 0.1) is 17.8 Å². The normalized spacial score (nSPS) is 26.0. The summed E-state index contributed by atoms with van der Waals surface area (Å²) in [6.45, 7) is 11.3. The van der Waals surface area contributed by atoms with Crippen molar-refractivity contribution in [3.8, 4) is 5.75 Å². The Bertz CT molecular complexity index is 1590. The number of carbonyl (C=O) groups excluding carboxylic acids is 4. The maximum absolute atomic E-state index is 15.0. The van der Waals surface area contributed by atoms with Gasteiger partial charge in [-0.25, -0.2) is 0 Å². The number of aliphatic hydroxyl groups is 1. The number of carbonyl (C=O) groups is 4. The highest BCUT2D eigenvalue weighted by atomic mass is 79.9. The number of ether oxygens (including phenoxy) is 3. The number of allylic oxidation sites excluding steroid dienone is 1. The third-order valence-electron chi connectivity index (χ3n) is 10.0. The summed E-state index contributed by atoms with van der Waals surface area (Å²) < 4.78 is 18.2. The molecule has 11 nitrogen and oxygen atoms in total. The van der Waals surface area contributed by atoms with E-state index in [2.05, 4.69) is 34.4 Å². The molecular formula is C39H48BrN3O8. The van der Waals surface area contributed by atoms with Gasteiger partial charge in [0.2, 0.25) is 11.8 Å². The summed E-state index contributed by atoms with van der Waals surface area (Å²) in [7, 11) is 1.56. The number of rotatable bonds is 17. The summed E-state index contributed by atoms with van der Waals surface area (Å²) in [5, 5.41) is 13.6. The minimum Gasteiger partial charge on any atom is -0.497 e. The van der Waals surface area contributed by atoms with E-state index in [9.17, 15) is 24.3 Å². The van der Waals surface area contributed by atoms with Crippen molar-refractivity contribution in [2.45, 2.75) is 74.3 Å². The van der Waals surface area contributed by atoms with Crippen LogP contribution >= 0.6 is 15.9 Å². The molecule has 2 aromatic carbocycles. The number of esters is 1. The monoisotopic (exact) mass is 765 g/mol. The van der Waals surface area contributed by atoms with Crippen molar-refractivity contribution in [1.82, 2.24) is 10.2 Å². The van der Waals surface area contributed by atoms with Gasteiger partial charge in [0, 0.05) is 23.5 Å². The smallest absolute Gasteiger partial charge is 0.313 e. The lowest BCUT2D eigenvalue weighted by molar-refractivity contribution is -0.161. The lowest BCUT2D eigenvalue weighted by atomic mass is 9.70. The summed E-state index contributed by atoms with van der Waals surface area (Å²) in [5.41, 5.74) is -0.140. The number of hydrogen-bond donors (Lipinski definition) is 2. The van der Waals surface area contributed by atoms with E-state index in [0.29, 0.717) is 29.8 Å². The fourth-order valence-corrected chi connectivity index (χ4v) is 8.78. The molecule has 3 aliphatic heterocycles. The zero-order valence-electron chi connectivity index (χ0n) is 29.4. The second-order valence-electron chi connectivity index (χ2n) is 13.8. The number of fused-ring (bicyclic) bond motifs is 1. The van der Waals surface area contributed by atoms with Gasteiger partial charge >= 0.3 is 5.97 Å². The van der Waals surface area contributed by atoms with E-state index in [0.717, 1.165) is 0 Å². The maximum atomic E-state index is 15.0. The first-order valence-corrected chi connectivity index (χ1v) is 18.4. The van der Waals surface area contributed by atoms with Crippen LogP contribution in [-0.2, 0) is 28.7 Å². The Morgan fingerprint density at radius 1 is 1.14 bits per heavy atom. The van der Waals surface area contributed by atoms with E-state index in [4.69, 9.17) is 14.2 Å². The summed E-state index contributed by atoms with van der Waals surface area (Å²) in [6.07, 6.45) is 3.13. The summed E-state index contributed by atoms with van der Waals surface area (Å²) in [4.78, 5) is 59.3. The molecule has 3 amide bonds. The molecule has 12 heteroatoms. The molecule has 3 saturated heterocycles. The molecule has 2 N–H and O–H groups in total. The van der Waals surface area contributed by atoms with E-state index < -0.39 is 59.5 Å². The van der Waals surface area contributed by atoms with Crippen molar-refractivity contribution in [1.29, 1.82) is 0 Å². The van der Waals surface area contributed by atoms with Gasteiger partial charge in [0.1, 0.15) is 23.5 Å². The van der Waals surface area contributed by atoms with Crippen LogP contribution in [0.1, 0.15) is 51.2 Å². The fourth-order valence-electron chi connectivity index (χ4n) is 7.83. The van der Waals surface area contributed by atoms with Gasteiger partial charge in [-0.2, -0.15) is 0 Å². The van der Waals surface area contributed by atoms with Gasteiger partial charge in [0.05, 0.1) is 44.2 Å². The lowest BCUT2D eigenvalue weighted by Crippen LogP contribution is -2.59. The number of alkyl halides is 1. The molecule has 2 aromatic rings. The Morgan fingerprint density at radius 3 is 2.45 bits per heavy atom. The highest BCUT2D eigenvalue weighted by Gasteiger charge is 2.77. The Balaban J connectivity index is 1.53. The highest BCUT2D eigenvalue weighted by molar-refractivity contribution is 9.09. The number of nitrogens with zero attached hydrogens (tertiary/aromatic N) is 2. The molecule has 2 bridgehead atoms. The molecule has 8 atom stereocenters. The van der Waals surface area contributed by atoms with Crippen molar-refractivity contribution in [3.63, 3.8) is 0 Å². The van der Waals surface area contributed by atoms with Crippen LogP contribution in [0.3, 0.4) is 0 Å². The van der Waals surface area contributed by atoms with E-state index in [1.165, 1.54) is 4.90 Å². The molecular weight excluding hydrogens is 718 g/mol. The molecule has 3 aliphatic rings. The zero-order chi connectivity index (χ0) is 36.9. The Labute approximate surface area is 308 Å². The van der Waals surface area contributed by atoms with Gasteiger partial charge in [-0.05, 0) is 55.0 Å². The van der Waals surface area contributed by atoms with Crippen LogP contribution in [0.5, 0.6) is 5.75 Å². The molecule has 0 radical (unpaired) electrons. The molecule has 274 valence electrons. The molecule has 51 heavy (non-hydrogen) atoms. The number of benzene rings is 2. The average molecular weight is 767 g/mol. The summed E-state index contributed by atoms with van der Waals surface area (Å²) in [6, 6.07) is 14.2. The van der Waals surface area contributed by atoms with Gasteiger partial charge in [0.15, 0.2) is 0 Å².